The summed E-state index contributed by atoms with van der Waals surface area (Å²) < 4.78 is 135. The second-order valence-electron chi connectivity index (χ2n) is 8.07. The zero-order valence-corrected chi connectivity index (χ0v) is 19.5. The van der Waals surface area contributed by atoms with Crippen molar-refractivity contribution in [2.24, 2.45) is 0 Å². The Balaban J connectivity index is 1.79. The summed E-state index contributed by atoms with van der Waals surface area (Å²) in [7, 11) is 0. The molecule has 2 aromatic carbocycles. The summed E-state index contributed by atoms with van der Waals surface area (Å²) in [5, 5.41) is 0. The van der Waals surface area contributed by atoms with Gasteiger partial charge in [0.1, 0.15) is 5.76 Å². The third-order valence-electron chi connectivity index (χ3n) is 5.79. The van der Waals surface area contributed by atoms with Gasteiger partial charge in [-0.3, -0.25) is 0 Å². The number of hydrogen-bond acceptors (Lipinski definition) is 3. The Hall–Kier alpha value is -3.50. The first-order valence-corrected chi connectivity index (χ1v) is 11.2. The largest absolute Gasteiger partial charge is 0.494 e. The summed E-state index contributed by atoms with van der Waals surface area (Å²) in [6.07, 6.45) is 0.501. The van der Waals surface area contributed by atoms with Crippen LogP contribution in [0.25, 0.3) is 11.1 Å². The molecule has 2 aliphatic rings. The molecule has 4 rings (SSSR count). The number of alkyl halides is 6. The van der Waals surface area contributed by atoms with Gasteiger partial charge < -0.3 is 14.2 Å². The second kappa shape index (κ2) is 9.42. The van der Waals surface area contributed by atoms with Crippen molar-refractivity contribution in [2.75, 3.05) is 13.2 Å². The van der Waals surface area contributed by atoms with Gasteiger partial charge in [0, 0.05) is 0 Å². The van der Waals surface area contributed by atoms with Crippen LogP contribution in [0.1, 0.15) is 31.4 Å². The molecule has 0 radical (unpaired) electrons. The van der Waals surface area contributed by atoms with Crippen molar-refractivity contribution < 1.29 is 49.3 Å². The van der Waals surface area contributed by atoms with Gasteiger partial charge in [0.2, 0.25) is 0 Å². The van der Waals surface area contributed by atoms with Crippen LogP contribution in [0, 0.1) is 11.6 Å². The van der Waals surface area contributed by atoms with Crippen LogP contribution in [-0.2, 0) is 16.6 Å². The van der Waals surface area contributed by atoms with Gasteiger partial charge in [-0.1, -0.05) is 6.08 Å². The van der Waals surface area contributed by atoms with Gasteiger partial charge >= 0.3 is 18.0 Å². The minimum Gasteiger partial charge on any atom is -0.494 e. The van der Waals surface area contributed by atoms with E-state index < -0.39 is 68.9 Å². The predicted octanol–water partition coefficient (Wildman–Crippen LogP) is 8.01. The van der Waals surface area contributed by atoms with Crippen molar-refractivity contribution in [3.8, 4) is 22.6 Å². The molecule has 37 heavy (non-hydrogen) atoms. The highest BCUT2D eigenvalue weighted by Gasteiger charge is 2.65. The van der Waals surface area contributed by atoms with E-state index in [1.807, 2.05) is 0 Å². The summed E-state index contributed by atoms with van der Waals surface area (Å²) in [5.41, 5.74) is -5.81. The lowest BCUT2D eigenvalue weighted by Crippen LogP contribution is -2.41. The van der Waals surface area contributed by atoms with Gasteiger partial charge in [0.25, 0.3) is 0 Å². The Bertz CT molecular complexity index is 1310. The SMILES string of the molecule is CCOC1=CCC=C(C(F)(F)Oc2ccc3c(c2F)C(F)(F)C(F)(F)c2c-3ccc(OCC)c2F)C=C1. The van der Waals surface area contributed by atoms with E-state index in [2.05, 4.69) is 4.74 Å². The molecule has 0 unspecified atom stereocenters. The standard InChI is InChI=1S/C26H20F8O3/c1-3-35-15-7-5-6-14(8-9-15)26(33,34)37-19-13-11-17-16-10-12-18(36-4-2)22(27)20(16)24(29,30)25(31,32)21(17)23(19)28/h6-13H,3-5H2,1-2H3. The molecule has 198 valence electrons. The van der Waals surface area contributed by atoms with Crippen molar-refractivity contribution in [1.29, 1.82) is 0 Å². The lowest BCUT2D eigenvalue weighted by Gasteiger charge is -2.35. The molecule has 0 heterocycles. The third-order valence-corrected chi connectivity index (χ3v) is 5.79. The number of hydrogen-bond donors (Lipinski definition) is 0. The molecule has 2 aliphatic carbocycles. The fourth-order valence-corrected chi connectivity index (χ4v) is 4.13. The summed E-state index contributed by atoms with van der Waals surface area (Å²) in [5.74, 6) is -16.2. The molecule has 0 aromatic heterocycles. The minimum absolute atomic E-state index is 0.000335. The number of ether oxygens (including phenoxy) is 3. The molecule has 11 heteroatoms. The lowest BCUT2D eigenvalue weighted by atomic mass is 9.79. The normalized spacial score (nSPS) is 17.7. The molecule has 0 saturated carbocycles. The highest BCUT2D eigenvalue weighted by Crippen LogP contribution is 2.60. The average molecular weight is 532 g/mol. The Kier molecular flexibility index (Phi) is 6.76. The number of halogens is 8. The maximum Gasteiger partial charge on any atom is 0.426 e. The summed E-state index contributed by atoms with van der Waals surface area (Å²) in [6, 6.07) is 3.12. The highest BCUT2D eigenvalue weighted by atomic mass is 19.3. The summed E-state index contributed by atoms with van der Waals surface area (Å²) in [4.78, 5) is 0. The molecular weight excluding hydrogens is 512 g/mol. The fourth-order valence-electron chi connectivity index (χ4n) is 4.13. The van der Waals surface area contributed by atoms with E-state index in [4.69, 9.17) is 9.47 Å². The molecule has 0 atom stereocenters. The van der Waals surface area contributed by atoms with Gasteiger partial charge in [-0.15, -0.1) is 0 Å². The van der Waals surface area contributed by atoms with Crippen LogP contribution < -0.4 is 9.47 Å². The molecule has 0 spiro atoms. The number of fused-ring (bicyclic) bond motifs is 3. The van der Waals surface area contributed by atoms with Crippen LogP contribution in [0.3, 0.4) is 0 Å². The quantitative estimate of drug-likeness (QED) is 0.338. The zero-order valence-electron chi connectivity index (χ0n) is 19.5. The number of rotatable bonds is 7. The molecule has 0 bridgehead atoms. The van der Waals surface area contributed by atoms with E-state index in [1.165, 1.54) is 19.1 Å². The van der Waals surface area contributed by atoms with Crippen LogP contribution in [0.15, 0.2) is 59.9 Å². The molecule has 0 aliphatic heterocycles. The second-order valence-corrected chi connectivity index (χ2v) is 8.07. The Morgan fingerprint density at radius 1 is 0.757 bits per heavy atom. The summed E-state index contributed by atoms with van der Waals surface area (Å²) >= 11 is 0. The highest BCUT2D eigenvalue weighted by molar-refractivity contribution is 5.78. The van der Waals surface area contributed by atoms with Crippen molar-refractivity contribution >= 4 is 0 Å². The van der Waals surface area contributed by atoms with E-state index in [1.54, 1.807) is 6.92 Å². The predicted molar refractivity (Wildman–Crippen MR) is 118 cm³/mol. The zero-order chi connectivity index (χ0) is 27.2. The van der Waals surface area contributed by atoms with Crippen LogP contribution in [0.5, 0.6) is 11.5 Å². The Morgan fingerprint density at radius 3 is 1.86 bits per heavy atom. The van der Waals surface area contributed by atoms with Crippen LogP contribution in [0.4, 0.5) is 35.1 Å². The minimum atomic E-state index is -5.31. The van der Waals surface area contributed by atoms with E-state index in [0.717, 1.165) is 24.3 Å². The topological polar surface area (TPSA) is 27.7 Å². The van der Waals surface area contributed by atoms with Gasteiger partial charge in [0.05, 0.1) is 29.9 Å². The monoisotopic (exact) mass is 532 g/mol. The lowest BCUT2D eigenvalue weighted by molar-refractivity contribution is -0.228. The third kappa shape index (κ3) is 4.34. The van der Waals surface area contributed by atoms with Crippen molar-refractivity contribution in [3.63, 3.8) is 0 Å². The van der Waals surface area contributed by atoms with Gasteiger partial charge in [-0.25, -0.2) is 8.78 Å². The molecule has 0 N–H and O–H groups in total. The number of allylic oxidation sites excluding steroid dienone is 3. The molecular formula is C26H20F8O3. The van der Waals surface area contributed by atoms with E-state index in [-0.39, 0.29) is 19.6 Å². The van der Waals surface area contributed by atoms with Crippen molar-refractivity contribution in [2.45, 2.75) is 38.2 Å². The first-order valence-electron chi connectivity index (χ1n) is 11.2. The Morgan fingerprint density at radius 2 is 1.30 bits per heavy atom. The van der Waals surface area contributed by atoms with Crippen LogP contribution >= 0.6 is 0 Å². The maximum absolute atomic E-state index is 15.3. The molecule has 0 fully saturated rings. The first kappa shape index (κ1) is 26.6. The van der Waals surface area contributed by atoms with E-state index >= 15 is 13.2 Å². The van der Waals surface area contributed by atoms with E-state index in [0.29, 0.717) is 17.9 Å². The van der Waals surface area contributed by atoms with Gasteiger partial charge in [-0.05, 0) is 73.9 Å². The van der Waals surface area contributed by atoms with Crippen molar-refractivity contribution in [3.05, 3.63) is 82.7 Å². The van der Waals surface area contributed by atoms with Crippen molar-refractivity contribution in [1.82, 2.24) is 0 Å². The Labute approximate surface area is 206 Å². The summed E-state index contributed by atoms with van der Waals surface area (Å²) in [6.45, 7) is 3.27. The molecule has 2 aromatic rings. The molecule has 0 saturated heterocycles. The fraction of sp³-hybridized carbons (Fsp3) is 0.308. The molecule has 3 nitrogen and oxygen atoms in total. The van der Waals surface area contributed by atoms with E-state index in [9.17, 15) is 22.0 Å². The smallest absolute Gasteiger partial charge is 0.426 e. The average Bonchev–Trinajstić information content (AvgIpc) is 3.07. The van der Waals surface area contributed by atoms with Gasteiger partial charge in [0.15, 0.2) is 23.1 Å². The number of benzene rings is 2. The van der Waals surface area contributed by atoms with Crippen LogP contribution in [0.2, 0.25) is 0 Å². The van der Waals surface area contributed by atoms with Gasteiger partial charge in [-0.2, -0.15) is 26.3 Å². The van der Waals surface area contributed by atoms with Crippen LogP contribution in [-0.4, -0.2) is 19.3 Å². The maximum atomic E-state index is 15.3. The molecule has 0 amide bonds. The first-order chi connectivity index (χ1) is 17.4.